The van der Waals surface area contributed by atoms with Gasteiger partial charge in [0.25, 0.3) is 0 Å². The van der Waals surface area contributed by atoms with Crippen LogP contribution in [0.1, 0.15) is 31.2 Å². The maximum atomic E-state index is 10.4. The number of rotatable bonds is 8. The zero-order valence-corrected chi connectivity index (χ0v) is 12.5. The van der Waals surface area contributed by atoms with Crippen molar-refractivity contribution in [3.63, 3.8) is 0 Å². The summed E-state index contributed by atoms with van der Waals surface area (Å²) in [6, 6.07) is 10.6. The van der Waals surface area contributed by atoms with E-state index in [1.807, 2.05) is 0 Å². The van der Waals surface area contributed by atoms with Gasteiger partial charge in [0.2, 0.25) is 0 Å². The Kier molecular flexibility index (Phi) is 6.70. The Balaban J connectivity index is 1.55. The maximum absolute atomic E-state index is 10.4. The Morgan fingerprint density at radius 2 is 1.95 bits per heavy atom. The first-order valence-corrected chi connectivity index (χ1v) is 7.84. The second-order valence-corrected chi connectivity index (χ2v) is 5.64. The first kappa shape index (κ1) is 16.0. The van der Waals surface area contributed by atoms with Crippen LogP contribution in [0.15, 0.2) is 30.3 Å². The first-order valence-electron chi connectivity index (χ1n) is 7.84. The van der Waals surface area contributed by atoms with Crippen molar-refractivity contribution in [2.45, 2.75) is 38.2 Å². The molecule has 0 bridgehead atoms. The van der Waals surface area contributed by atoms with Crippen LogP contribution < -0.4 is 0 Å². The third kappa shape index (κ3) is 6.27. The average Bonchev–Trinajstić information content (AvgIpc) is 2.50. The summed E-state index contributed by atoms with van der Waals surface area (Å²) in [6.45, 7) is 3.60. The lowest BCUT2D eigenvalue weighted by molar-refractivity contribution is -0.138. The van der Waals surface area contributed by atoms with Crippen LogP contribution in [0.25, 0.3) is 0 Å². The SMILES string of the molecule is O=C(O)CCOC1CCN(CCCc2ccccc2)CC1. The van der Waals surface area contributed by atoms with E-state index in [9.17, 15) is 4.79 Å². The molecule has 4 nitrogen and oxygen atoms in total. The van der Waals surface area contributed by atoms with Gasteiger partial charge >= 0.3 is 5.97 Å². The molecule has 0 radical (unpaired) electrons. The van der Waals surface area contributed by atoms with E-state index in [2.05, 4.69) is 35.2 Å². The number of carboxylic acid groups (broad SMARTS) is 1. The molecule has 0 amide bonds. The van der Waals surface area contributed by atoms with Gasteiger partial charge in [0.1, 0.15) is 0 Å². The summed E-state index contributed by atoms with van der Waals surface area (Å²) in [6.07, 6.45) is 4.71. The second-order valence-electron chi connectivity index (χ2n) is 5.64. The number of carbonyl (C=O) groups is 1. The molecular formula is C17H25NO3. The van der Waals surface area contributed by atoms with Crippen LogP contribution in [-0.4, -0.2) is 48.3 Å². The quantitative estimate of drug-likeness (QED) is 0.800. The summed E-state index contributed by atoms with van der Waals surface area (Å²) >= 11 is 0. The molecule has 1 heterocycles. The third-order valence-corrected chi connectivity index (χ3v) is 3.99. The Labute approximate surface area is 126 Å². The van der Waals surface area contributed by atoms with Gasteiger partial charge < -0.3 is 14.7 Å². The van der Waals surface area contributed by atoms with Gasteiger partial charge in [-0.25, -0.2) is 0 Å². The van der Waals surface area contributed by atoms with E-state index in [4.69, 9.17) is 9.84 Å². The van der Waals surface area contributed by atoms with Gasteiger partial charge in [0.15, 0.2) is 0 Å². The normalized spacial score (nSPS) is 17.0. The van der Waals surface area contributed by atoms with Gasteiger partial charge in [-0.3, -0.25) is 4.79 Å². The highest BCUT2D eigenvalue weighted by molar-refractivity contribution is 5.66. The molecule has 0 saturated carbocycles. The number of hydrogen-bond donors (Lipinski definition) is 1. The molecule has 1 N–H and O–H groups in total. The zero-order chi connectivity index (χ0) is 14.9. The molecule has 1 aliphatic rings. The van der Waals surface area contributed by atoms with Crippen molar-refractivity contribution in [1.82, 2.24) is 4.90 Å². The standard InChI is InChI=1S/C17H25NO3/c19-17(20)10-14-21-16-8-12-18(13-9-16)11-4-7-15-5-2-1-3-6-15/h1-3,5-6,16H,4,7-14H2,(H,19,20). The molecule has 21 heavy (non-hydrogen) atoms. The molecule has 1 aliphatic heterocycles. The number of likely N-dealkylation sites (tertiary alicyclic amines) is 1. The summed E-state index contributed by atoms with van der Waals surface area (Å²) < 4.78 is 5.61. The average molecular weight is 291 g/mol. The Morgan fingerprint density at radius 1 is 1.24 bits per heavy atom. The number of aryl methyl sites for hydroxylation is 1. The van der Waals surface area contributed by atoms with Crippen molar-refractivity contribution in [2.24, 2.45) is 0 Å². The van der Waals surface area contributed by atoms with E-state index in [-0.39, 0.29) is 12.5 Å². The molecule has 0 spiro atoms. The minimum absolute atomic E-state index is 0.108. The zero-order valence-electron chi connectivity index (χ0n) is 12.5. The molecule has 2 rings (SSSR count). The van der Waals surface area contributed by atoms with Crippen LogP contribution in [-0.2, 0) is 16.0 Å². The summed E-state index contributed by atoms with van der Waals surface area (Å²) in [7, 11) is 0. The smallest absolute Gasteiger partial charge is 0.305 e. The third-order valence-electron chi connectivity index (χ3n) is 3.99. The predicted molar refractivity (Wildman–Crippen MR) is 82.4 cm³/mol. The van der Waals surface area contributed by atoms with E-state index in [1.165, 1.54) is 12.0 Å². The maximum Gasteiger partial charge on any atom is 0.305 e. The van der Waals surface area contributed by atoms with Gasteiger partial charge in [0.05, 0.1) is 19.1 Å². The van der Waals surface area contributed by atoms with Gasteiger partial charge in [-0.2, -0.15) is 0 Å². The minimum Gasteiger partial charge on any atom is -0.481 e. The fourth-order valence-corrected chi connectivity index (χ4v) is 2.76. The van der Waals surface area contributed by atoms with Crippen molar-refractivity contribution in [1.29, 1.82) is 0 Å². The monoisotopic (exact) mass is 291 g/mol. The number of ether oxygens (including phenoxy) is 1. The lowest BCUT2D eigenvalue weighted by Crippen LogP contribution is -2.37. The molecular weight excluding hydrogens is 266 g/mol. The largest absolute Gasteiger partial charge is 0.481 e. The topological polar surface area (TPSA) is 49.8 Å². The van der Waals surface area contributed by atoms with E-state index in [0.29, 0.717) is 6.61 Å². The van der Waals surface area contributed by atoms with Gasteiger partial charge in [-0.1, -0.05) is 30.3 Å². The van der Waals surface area contributed by atoms with Crippen LogP contribution in [0.3, 0.4) is 0 Å². The number of benzene rings is 1. The second kappa shape index (κ2) is 8.80. The predicted octanol–water partition coefficient (Wildman–Crippen LogP) is 2.57. The molecule has 116 valence electrons. The molecule has 0 aromatic heterocycles. The molecule has 1 aromatic carbocycles. The number of carboxylic acids is 1. The lowest BCUT2D eigenvalue weighted by Gasteiger charge is -2.31. The highest BCUT2D eigenvalue weighted by Crippen LogP contribution is 2.14. The highest BCUT2D eigenvalue weighted by atomic mass is 16.5. The highest BCUT2D eigenvalue weighted by Gasteiger charge is 2.19. The fraction of sp³-hybridized carbons (Fsp3) is 0.588. The van der Waals surface area contributed by atoms with Crippen molar-refractivity contribution in [3.05, 3.63) is 35.9 Å². The van der Waals surface area contributed by atoms with Crippen LogP contribution >= 0.6 is 0 Å². The summed E-state index contributed by atoms with van der Waals surface area (Å²) in [5.74, 6) is -0.784. The van der Waals surface area contributed by atoms with Gasteiger partial charge in [0, 0.05) is 13.1 Å². The van der Waals surface area contributed by atoms with Crippen LogP contribution in [0.4, 0.5) is 0 Å². The van der Waals surface area contributed by atoms with Crippen LogP contribution in [0, 0.1) is 0 Å². The van der Waals surface area contributed by atoms with Crippen LogP contribution in [0.2, 0.25) is 0 Å². The van der Waals surface area contributed by atoms with E-state index >= 15 is 0 Å². The Bertz CT molecular complexity index is 413. The summed E-state index contributed by atoms with van der Waals surface area (Å²) in [5, 5.41) is 8.59. The molecule has 0 atom stereocenters. The lowest BCUT2D eigenvalue weighted by atomic mass is 10.1. The molecule has 1 aromatic rings. The number of nitrogens with zero attached hydrogens (tertiary/aromatic N) is 1. The summed E-state index contributed by atoms with van der Waals surface area (Å²) in [5.41, 5.74) is 1.41. The number of piperidine rings is 1. The molecule has 1 saturated heterocycles. The van der Waals surface area contributed by atoms with Gasteiger partial charge in [-0.05, 0) is 37.8 Å². The van der Waals surface area contributed by atoms with Crippen molar-refractivity contribution in [3.8, 4) is 0 Å². The van der Waals surface area contributed by atoms with Crippen molar-refractivity contribution < 1.29 is 14.6 Å². The molecule has 1 fully saturated rings. The van der Waals surface area contributed by atoms with E-state index in [0.717, 1.165) is 38.9 Å². The molecule has 4 heteroatoms. The van der Waals surface area contributed by atoms with Crippen molar-refractivity contribution >= 4 is 5.97 Å². The molecule has 0 unspecified atom stereocenters. The van der Waals surface area contributed by atoms with Crippen LogP contribution in [0.5, 0.6) is 0 Å². The molecule has 0 aliphatic carbocycles. The number of aliphatic carboxylic acids is 1. The fourth-order valence-electron chi connectivity index (χ4n) is 2.76. The minimum atomic E-state index is -0.784. The van der Waals surface area contributed by atoms with Gasteiger partial charge in [-0.15, -0.1) is 0 Å². The summed E-state index contributed by atoms with van der Waals surface area (Å²) in [4.78, 5) is 12.9. The van der Waals surface area contributed by atoms with Crippen molar-refractivity contribution in [2.75, 3.05) is 26.2 Å². The van der Waals surface area contributed by atoms with E-state index < -0.39 is 5.97 Å². The Hall–Kier alpha value is -1.39. The Morgan fingerprint density at radius 3 is 2.62 bits per heavy atom. The van der Waals surface area contributed by atoms with E-state index in [1.54, 1.807) is 0 Å². The number of hydrogen-bond acceptors (Lipinski definition) is 3. The first-order chi connectivity index (χ1) is 10.2.